The lowest BCUT2D eigenvalue weighted by Crippen LogP contribution is -2.26. The number of carbonyl (C=O) groups excluding carboxylic acids is 1. The minimum absolute atomic E-state index is 0.0520. The summed E-state index contributed by atoms with van der Waals surface area (Å²) >= 11 is 7.75. The van der Waals surface area contributed by atoms with Gasteiger partial charge in [0.1, 0.15) is 18.5 Å². The van der Waals surface area contributed by atoms with Gasteiger partial charge in [-0.3, -0.25) is 0 Å². The summed E-state index contributed by atoms with van der Waals surface area (Å²) in [6.07, 6.45) is -0.458. The molecule has 4 rings (SSSR count). The first kappa shape index (κ1) is 21.4. The molecule has 0 radical (unpaired) electrons. The van der Waals surface area contributed by atoms with Crippen LogP contribution in [-0.2, 0) is 13.0 Å². The molecule has 1 aromatic carbocycles. The van der Waals surface area contributed by atoms with Gasteiger partial charge in [0.25, 0.3) is 0 Å². The predicted octanol–water partition coefficient (Wildman–Crippen LogP) is 4.03. The lowest BCUT2D eigenvalue weighted by molar-refractivity contribution is 0.0536. The number of benzene rings is 1. The van der Waals surface area contributed by atoms with E-state index in [0.29, 0.717) is 33.1 Å². The number of halogens is 1. The number of hydrogen-bond acceptors (Lipinski definition) is 6. The third kappa shape index (κ3) is 3.91. The van der Waals surface area contributed by atoms with Gasteiger partial charge < -0.3 is 25.0 Å². The lowest BCUT2D eigenvalue weighted by Gasteiger charge is -2.12. The molecule has 1 heterocycles. The number of aliphatic hydroxyl groups excluding tert-OH is 2. The molecule has 1 fully saturated rings. The highest BCUT2D eigenvalue weighted by Gasteiger charge is 2.63. The van der Waals surface area contributed by atoms with E-state index in [4.69, 9.17) is 26.2 Å². The van der Waals surface area contributed by atoms with Crippen molar-refractivity contribution in [1.82, 2.24) is 5.32 Å². The first-order chi connectivity index (χ1) is 14.2. The van der Waals surface area contributed by atoms with Crippen molar-refractivity contribution in [3.8, 4) is 10.8 Å². The lowest BCUT2D eigenvalue weighted by atomic mass is 9.96. The number of nitrogens with one attached hydrogen (secondary N) is 1. The Morgan fingerprint density at radius 2 is 2.20 bits per heavy atom. The van der Waals surface area contributed by atoms with Crippen molar-refractivity contribution in [3.05, 3.63) is 44.8 Å². The van der Waals surface area contributed by atoms with Crippen molar-refractivity contribution in [2.45, 2.75) is 45.8 Å². The van der Waals surface area contributed by atoms with Gasteiger partial charge in [-0.05, 0) is 53.9 Å². The molecule has 3 atom stereocenters. The molecule has 8 heteroatoms. The number of amides is 1. The summed E-state index contributed by atoms with van der Waals surface area (Å²) in [7, 11) is 0. The third-order valence-corrected chi connectivity index (χ3v) is 7.58. The molecule has 2 aliphatic carbocycles. The standard InChI is InChI=1S/C22H26ClNO5S/c1-11-18-14(7-15-19(18)22(15,2)3)20(30-11)29-21(27)24-8-12-4-5-17(16(23)6-12)28-10-13(26)9-25/h4-6,13,15,19,25-26H,7-10H2,1-3H3,(H,24,27)/t13-,15+,19+/m0/s1. The fraction of sp³-hybridized carbons (Fsp3) is 0.500. The second-order valence-corrected chi connectivity index (χ2v) is 10.2. The van der Waals surface area contributed by atoms with Gasteiger partial charge in [-0.2, -0.15) is 0 Å². The molecule has 6 nitrogen and oxygen atoms in total. The van der Waals surface area contributed by atoms with E-state index >= 15 is 0 Å². The van der Waals surface area contributed by atoms with Crippen molar-refractivity contribution in [2.75, 3.05) is 13.2 Å². The average molecular weight is 452 g/mol. The molecule has 1 saturated carbocycles. The van der Waals surface area contributed by atoms with Gasteiger partial charge in [-0.25, -0.2) is 4.79 Å². The number of hydrogen-bond donors (Lipinski definition) is 3. The summed E-state index contributed by atoms with van der Waals surface area (Å²) in [6.45, 7) is 6.56. The van der Waals surface area contributed by atoms with Crippen LogP contribution in [0.3, 0.4) is 0 Å². The molecule has 1 aromatic heterocycles. The highest BCUT2D eigenvalue weighted by molar-refractivity contribution is 7.14. The van der Waals surface area contributed by atoms with Gasteiger partial charge in [-0.15, -0.1) is 11.3 Å². The quantitative estimate of drug-likeness (QED) is 0.591. The van der Waals surface area contributed by atoms with Crippen LogP contribution >= 0.6 is 22.9 Å². The number of aryl methyl sites for hydroxylation is 1. The average Bonchev–Trinajstić information content (AvgIpc) is 3.02. The fourth-order valence-corrected chi connectivity index (χ4v) is 5.81. The van der Waals surface area contributed by atoms with E-state index < -0.39 is 12.2 Å². The minimum Gasteiger partial charge on any atom is -0.489 e. The van der Waals surface area contributed by atoms with Gasteiger partial charge >= 0.3 is 6.09 Å². The van der Waals surface area contributed by atoms with Crippen LogP contribution in [0.25, 0.3) is 0 Å². The highest BCUT2D eigenvalue weighted by Crippen LogP contribution is 2.72. The van der Waals surface area contributed by atoms with Crippen LogP contribution in [0, 0.1) is 18.3 Å². The Morgan fingerprint density at radius 1 is 1.43 bits per heavy atom. The van der Waals surface area contributed by atoms with E-state index in [-0.39, 0.29) is 19.8 Å². The van der Waals surface area contributed by atoms with Gasteiger partial charge in [0.2, 0.25) is 0 Å². The van der Waals surface area contributed by atoms with Crippen molar-refractivity contribution in [1.29, 1.82) is 0 Å². The number of fused-ring (bicyclic) bond motifs is 3. The number of ether oxygens (including phenoxy) is 2. The second-order valence-electron chi connectivity index (χ2n) is 8.60. The van der Waals surface area contributed by atoms with Crippen LogP contribution < -0.4 is 14.8 Å². The van der Waals surface area contributed by atoms with Crippen molar-refractivity contribution in [3.63, 3.8) is 0 Å². The Morgan fingerprint density at radius 3 is 2.90 bits per heavy atom. The van der Waals surface area contributed by atoms with Crippen LogP contribution in [0.1, 0.15) is 41.3 Å². The maximum atomic E-state index is 12.3. The summed E-state index contributed by atoms with van der Waals surface area (Å²) in [6, 6.07) is 5.12. The molecule has 2 aliphatic rings. The van der Waals surface area contributed by atoms with E-state index in [9.17, 15) is 9.90 Å². The first-order valence-corrected chi connectivity index (χ1v) is 11.2. The Labute approximate surface area is 184 Å². The largest absolute Gasteiger partial charge is 0.489 e. The van der Waals surface area contributed by atoms with E-state index in [1.54, 1.807) is 29.5 Å². The summed E-state index contributed by atoms with van der Waals surface area (Å²) in [5, 5.41) is 22.0. The van der Waals surface area contributed by atoms with E-state index in [1.807, 2.05) is 0 Å². The molecule has 0 spiro atoms. The van der Waals surface area contributed by atoms with Crippen molar-refractivity contribution < 1.29 is 24.5 Å². The Kier molecular flexibility index (Phi) is 5.74. The summed E-state index contributed by atoms with van der Waals surface area (Å²) in [4.78, 5) is 13.6. The molecule has 3 N–H and O–H groups in total. The summed E-state index contributed by atoms with van der Waals surface area (Å²) in [5.41, 5.74) is 3.76. The molecule has 30 heavy (non-hydrogen) atoms. The van der Waals surface area contributed by atoms with Crippen LogP contribution in [0.5, 0.6) is 10.8 Å². The predicted molar refractivity (Wildman–Crippen MR) is 116 cm³/mol. The smallest absolute Gasteiger partial charge is 0.413 e. The molecule has 0 saturated heterocycles. The molecule has 2 aromatic rings. The zero-order chi connectivity index (χ0) is 21.6. The zero-order valence-corrected chi connectivity index (χ0v) is 18.8. The zero-order valence-electron chi connectivity index (χ0n) is 17.2. The molecule has 0 bridgehead atoms. The Bertz CT molecular complexity index is 973. The third-order valence-electron chi connectivity index (χ3n) is 6.24. The molecular formula is C22H26ClNO5S. The monoisotopic (exact) mass is 451 g/mol. The van der Waals surface area contributed by atoms with Crippen LogP contribution in [-0.4, -0.2) is 35.6 Å². The normalized spacial score (nSPS) is 21.5. The molecule has 0 unspecified atom stereocenters. The van der Waals surface area contributed by atoms with Gasteiger partial charge in [-0.1, -0.05) is 31.5 Å². The molecule has 0 aliphatic heterocycles. The highest BCUT2D eigenvalue weighted by atomic mass is 35.5. The van der Waals surface area contributed by atoms with Crippen molar-refractivity contribution >= 4 is 29.0 Å². The number of carbonyl (C=O) groups is 1. The van der Waals surface area contributed by atoms with Gasteiger partial charge in [0.05, 0.1) is 11.6 Å². The topological polar surface area (TPSA) is 88.0 Å². The molecular weight excluding hydrogens is 426 g/mol. The Hall–Kier alpha value is -1.80. The van der Waals surface area contributed by atoms with Crippen LogP contribution in [0.4, 0.5) is 4.79 Å². The fourth-order valence-electron chi connectivity index (χ4n) is 4.48. The molecule has 1 amide bonds. The van der Waals surface area contributed by atoms with E-state index in [2.05, 4.69) is 26.1 Å². The Balaban J connectivity index is 1.33. The van der Waals surface area contributed by atoms with Gasteiger partial charge in [0.15, 0.2) is 5.06 Å². The maximum absolute atomic E-state index is 12.3. The number of aliphatic hydroxyl groups is 2. The SMILES string of the molecule is Cc1sc(OC(=O)NCc2ccc(OC[C@@H](O)CO)c(Cl)c2)c2c1[C@H]1[C@@H](C2)C1(C)C. The summed E-state index contributed by atoms with van der Waals surface area (Å²) < 4.78 is 11.0. The number of rotatable bonds is 7. The van der Waals surface area contributed by atoms with Crippen molar-refractivity contribution in [2.24, 2.45) is 11.3 Å². The maximum Gasteiger partial charge on any atom is 0.413 e. The molecule has 162 valence electrons. The second kappa shape index (κ2) is 8.04. The van der Waals surface area contributed by atoms with Gasteiger partial charge in [0, 0.05) is 17.0 Å². The minimum atomic E-state index is -0.962. The first-order valence-electron chi connectivity index (χ1n) is 10.00. The number of thiophene rings is 1. The van der Waals surface area contributed by atoms with E-state index in [0.717, 1.165) is 12.0 Å². The summed E-state index contributed by atoms with van der Waals surface area (Å²) in [5.74, 6) is 1.67. The van der Waals surface area contributed by atoms with Crippen LogP contribution in [0.2, 0.25) is 5.02 Å². The van der Waals surface area contributed by atoms with E-state index in [1.165, 1.54) is 16.0 Å². The van der Waals surface area contributed by atoms with Crippen LogP contribution in [0.15, 0.2) is 18.2 Å².